The molecule has 0 amide bonds. The van der Waals surface area contributed by atoms with Crippen molar-refractivity contribution in [2.45, 2.75) is 0 Å². The number of rotatable bonds is 1. The Morgan fingerprint density at radius 1 is 0.750 bits per heavy atom. The van der Waals surface area contributed by atoms with Gasteiger partial charge in [-0.15, -0.1) is 0 Å². The fourth-order valence-electron chi connectivity index (χ4n) is 2.99. The summed E-state index contributed by atoms with van der Waals surface area (Å²) in [5, 5.41) is 22.0. The van der Waals surface area contributed by atoms with E-state index in [0.29, 0.717) is 16.7 Å². The Morgan fingerprint density at radius 2 is 1.46 bits per heavy atom. The maximum Gasteiger partial charge on any atom is 0.233 e. The smallest absolute Gasteiger partial charge is 0.233 e. The largest absolute Gasteiger partial charge is 0.507 e. The van der Waals surface area contributed by atoms with Crippen molar-refractivity contribution in [1.29, 1.82) is 0 Å². The number of hydrogen-bond acceptors (Lipinski definition) is 4. The molecule has 0 aromatic heterocycles. The van der Waals surface area contributed by atoms with E-state index in [9.17, 15) is 19.8 Å². The summed E-state index contributed by atoms with van der Waals surface area (Å²) in [5.41, 5.74) is 1.72. The summed E-state index contributed by atoms with van der Waals surface area (Å²) in [5.74, 6) is -1.22. The van der Waals surface area contributed by atoms with E-state index >= 15 is 0 Å². The second kappa shape index (κ2) is 5.06. The van der Waals surface area contributed by atoms with Gasteiger partial charge in [0.05, 0.1) is 0 Å². The first-order chi connectivity index (χ1) is 11.5. The van der Waals surface area contributed by atoms with Gasteiger partial charge in [-0.1, -0.05) is 24.3 Å². The second-order valence-corrected chi connectivity index (χ2v) is 5.70. The Kier molecular flexibility index (Phi) is 3.00. The number of Topliss-reactive ketones (excluding diaryl/α,β-unsaturated/α-hetero) is 1. The minimum Gasteiger partial charge on any atom is -0.507 e. The summed E-state index contributed by atoms with van der Waals surface area (Å²) in [6, 6.07) is 13.9. The maximum atomic E-state index is 12.1. The van der Waals surface area contributed by atoms with Gasteiger partial charge >= 0.3 is 0 Å². The van der Waals surface area contributed by atoms with Crippen LogP contribution in [0.1, 0.15) is 15.9 Å². The lowest BCUT2D eigenvalue weighted by atomic mass is 9.90. The molecule has 116 valence electrons. The Bertz CT molecular complexity index is 1060. The van der Waals surface area contributed by atoms with Gasteiger partial charge in [-0.05, 0) is 52.9 Å². The predicted molar refractivity (Wildman–Crippen MR) is 91.1 cm³/mol. The average Bonchev–Trinajstić information content (AvgIpc) is 2.58. The molecule has 0 heterocycles. The molecule has 0 saturated carbocycles. The summed E-state index contributed by atoms with van der Waals surface area (Å²) in [6.45, 7) is 0. The molecule has 1 aliphatic carbocycles. The lowest BCUT2D eigenvalue weighted by molar-refractivity contribution is -0.110. The van der Waals surface area contributed by atoms with Crippen LogP contribution in [0.3, 0.4) is 0 Å². The monoisotopic (exact) mass is 316 g/mol. The zero-order valence-electron chi connectivity index (χ0n) is 12.5. The molecule has 2 N–H and O–H groups in total. The normalized spacial score (nSPS) is 13.3. The quantitative estimate of drug-likeness (QED) is 0.671. The van der Waals surface area contributed by atoms with E-state index in [1.54, 1.807) is 12.1 Å². The minimum atomic E-state index is -0.644. The molecular weight excluding hydrogens is 304 g/mol. The molecule has 3 aromatic rings. The molecule has 0 spiro atoms. The first kappa shape index (κ1) is 14.2. The van der Waals surface area contributed by atoms with E-state index in [1.165, 1.54) is 12.1 Å². The molecular formula is C20H12O4. The third-order valence-electron chi connectivity index (χ3n) is 4.20. The number of ketones is 2. The van der Waals surface area contributed by atoms with Crippen molar-refractivity contribution in [1.82, 2.24) is 0 Å². The van der Waals surface area contributed by atoms with Gasteiger partial charge in [-0.2, -0.15) is 0 Å². The summed E-state index contributed by atoms with van der Waals surface area (Å²) in [4.78, 5) is 23.7. The molecule has 0 radical (unpaired) electrons. The first-order valence-electron chi connectivity index (χ1n) is 7.40. The van der Waals surface area contributed by atoms with Gasteiger partial charge in [0.2, 0.25) is 11.6 Å². The Hall–Kier alpha value is -3.40. The van der Waals surface area contributed by atoms with Crippen LogP contribution < -0.4 is 0 Å². The molecule has 0 fully saturated rings. The number of phenols is 2. The van der Waals surface area contributed by atoms with Crippen molar-refractivity contribution in [3.8, 4) is 22.6 Å². The zero-order valence-corrected chi connectivity index (χ0v) is 12.5. The first-order valence-corrected chi connectivity index (χ1v) is 7.40. The molecule has 0 unspecified atom stereocenters. The van der Waals surface area contributed by atoms with Crippen LogP contribution in [0.4, 0.5) is 0 Å². The number of aromatic hydroxyl groups is 2. The Morgan fingerprint density at radius 3 is 2.29 bits per heavy atom. The number of phenolic OH excluding ortho intramolecular Hbond substituents is 2. The molecule has 4 heteroatoms. The van der Waals surface area contributed by atoms with E-state index in [0.717, 1.165) is 16.8 Å². The summed E-state index contributed by atoms with van der Waals surface area (Å²) in [7, 11) is 0. The molecule has 0 atom stereocenters. The highest BCUT2D eigenvalue weighted by atomic mass is 16.3. The number of allylic oxidation sites excluding steroid dienone is 1. The van der Waals surface area contributed by atoms with Crippen molar-refractivity contribution in [2.24, 2.45) is 0 Å². The van der Waals surface area contributed by atoms with Gasteiger partial charge in [0.25, 0.3) is 0 Å². The van der Waals surface area contributed by atoms with Crippen LogP contribution in [0.2, 0.25) is 0 Å². The molecule has 4 nitrogen and oxygen atoms in total. The number of carbonyl (C=O) groups is 2. The SMILES string of the molecule is O=C1C=Cc2c(O)cc(-c3cc(O)c4ccccc4c3)cc2C1=O. The molecule has 0 saturated heterocycles. The molecule has 1 aliphatic rings. The van der Waals surface area contributed by atoms with Gasteiger partial charge < -0.3 is 10.2 Å². The number of hydrogen-bond donors (Lipinski definition) is 2. The van der Waals surface area contributed by atoms with Crippen LogP contribution >= 0.6 is 0 Å². The lowest BCUT2D eigenvalue weighted by Gasteiger charge is -2.14. The minimum absolute atomic E-state index is 0.0766. The summed E-state index contributed by atoms with van der Waals surface area (Å²) < 4.78 is 0. The summed E-state index contributed by atoms with van der Waals surface area (Å²) in [6.07, 6.45) is 2.60. The van der Waals surface area contributed by atoms with Crippen LogP contribution in [0.15, 0.2) is 54.6 Å². The van der Waals surface area contributed by atoms with Crippen molar-refractivity contribution >= 4 is 28.4 Å². The Balaban J connectivity index is 1.95. The van der Waals surface area contributed by atoms with Gasteiger partial charge in [0.1, 0.15) is 11.5 Å². The predicted octanol–water partition coefficient (Wildman–Crippen LogP) is 3.70. The van der Waals surface area contributed by atoms with Crippen molar-refractivity contribution in [3.05, 3.63) is 65.7 Å². The standard InChI is InChI=1S/C20H12O4/c21-17-6-5-15-16(20(17)24)8-13(10-19(15)23)12-7-11-3-1-2-4-14(11)18(22)9-12/h1-10,22-23H. The van der Waals surface area contributed by atoms with Gasteiger partial charge in [0.15, 0.2) is 0 Å². The highest BCUT2D eigenvalue weighted by molar-refractivity contribution is 6.50. The van der Waals surface area contributed by atoms with E-state index < -0.39 is 11.6 Å². The Labute approximate surface area is 137 Å². The maximum absolute atomic E-state index is 12.1. The molecule has 4 rings (SSSR count). The second-order valence-electron chi connectivity index (χ2n) is 5.70. The number of carbonyl (C=O) groups excluding carboxylic acids is 2. The summed E-state index contributed by atoms with van der Waals surface area (Å²) >= 11 is 0. The van der Waals surface area contributed by atoms with Crippen molar-refractivity contribution < 1.29 is 19.8 Å². The van der Waals surface area contributed by atoms with Gasteiger partial charge in [0, 0.05) is 16.5 Å². The van der Waals surface area contributed by atoms with E-state index in [2.05, 4.69) is 0 Å². The fraction of sp³-hybridized carbons (Fsp3) is 0. The average molecular weight is 316 g/mol. The number of benzene rings is 3. The van der Waals surface area contributed by atoms with Gasteiger partial charge in [-0.25, -0.2) is 0 Å². The van der Waals surface area contributed by atoms with E-state index in [4.69, 9.17) is 0 Å². The van der Waals surface area contributed by atoms with Crippen LogP contribution in [-0.2, 0) is 4.79 Å². The van der Waals surface area contributed by atoms with Gasteiger partial charge in [-0.3, -0.25) is 9.59 Å². The molecule has 3 aromatic carbocycles. The molecule has 24 heavy (non-hydrogen) atoms. The van der Waals surface area contributed by atoms with E-state index in [1.807, 2.05) is 30.3 Å². The van der Waals surface area contributed by atoms with Crippen LogP contribution in [-0.4, -0.2) is 21.8 Å². The fourth-order valence-corrected chi connectivity index (χ4v) is 2.99. The highest BCUT2D eigenvalue weighted by Crippen LogP contribution is 2.36. The molecule has 0 bridgehead atoms. The van der Waals surface area contributed by atoms with Crippen LogP contribution in [0.25, 0.3) is 28.0 Å². The van der Waals surface area contributed by atoms with E-state index in [-0.39, 0.29) is 17.1 Å². The topological polar surface area (TPSA) is 74.6 Å². The van der Waals surface area contributed by atoms with Crippen LogP contribution in [0.5, 0.6) is 11.5 Å². The van der Waals surface area contributed by atoms with Crippen LogP contribution in [0, 0.1) is 0 Å². The highest BCUT2D eigenvalue weighted by Gasteiger charge is 2.24. The molecule has 0 aliphatic heterocycles. The zero-order chi connectivity index (χ0) is 16.8. The van der Waals surface area contributed by atoms with Crippen molar-refractivity contribution in [2.75, 3.05) is 0 Å². The third kappa shape index (κ3) is 2.08. The third-order valence-corrected chi connectivity index (χ3v) is 4.20. The number of fused-ring (bicyclic) bond motifs is 2. The lowest BCUT2D eigenvalue weighted by Crippen LogP contribution is -2.16. The van der Waals surface area contributed by atoms with Crippen molar-refractivity contribution in [3.63, 3.8) is 0 Å².